The fraction of sp³-hybridized carbons (Fsp3) is 0.567. The molecule has 5 rings (SSSR count). The molecule has 1 aromatic carbocycles. The van der Waals surface area contributed by atoms with Gasteiger partial charge in [0.2, 0.25) is 0 Å². The lowest BCUT2D eigenvalue weighted by atomic mass is 9.51. The molecule has 0 saturated heterocycles. The third-order valence-electron chi connectivity index (χ3n) is 9.55. The fourth-order valence-corrected chi connectivity index (χ4v) is 7.89. The molecular formula is C30H35F2NO2. The van der Waals surface area contributed by atoms with Crippen LogP contribution in [0.1, 0.15) is 70.8 Å². The van der Waals surface area contributed by atoms with E-state index in [1.807, 2.05) is 0 Å². The number of carbonyl (C=O) groups excluding carboxylic acids is 1. The first-order valence-corrected chi connectivity index (χ1v) is 12.8. The maximum Gasteiger partial charge on any atom is 0.156 e. The van der Waals surface area contributed by atoms with Gasteiger partial charge in [-0.3, -0.25) is 4.79 Å². The summed E-state index contributed by atoms with van der Waals surface area (Å²) in [4.78, 5) is 13.8. The van der Waals surface area contributed by atoms with Crippen molar-refractivity contribution in [2.75, 3.05) is 19.0 Å². The van der Waals surface area contributed by atoms with Gasteiger partial charge in [0.1, 0.15) is 17.2 Å². The zero-order valence-electron chi connectivity index (χ0n) is 21.3. The standard InChI is InChI=1S/C30H35F2NO2/c1-6-11-30(35)17(2)12-24-21-9-7-18-13-19(34)8-10-20(18)28(21)23(16-29(24,30)3)22-14-26(32)27(33(4)5)15-25(22)31/h13-15,17,21,23-24,35H,7-10,12,16H2,1-5H3/t17-,21+,23-,24+,29+,30+/m1/s1. The molecule has 3 nitrogen and oxygen atoms in total. The molecule has 186 valence electrons. The van der Waals surface area contributed by atoms with Gasteiger partial charge in [-0.25, -0.2) is 8.78 Å². The van der Waals surface area contributed by atoms with Gasteiger partial charge in [-0.2, -0.15) is 0 Å². The summed E-state index contributed by atoms with van der Waals surface area (Å²) >= 11 is 0. The first-order valence-electron chi connectivity index (χ1n) is 12.8. The summed E-state index contributed by atoms with van der Waals surface area (Å²) in [6, 6.07) is 2.65. The Balaban J connectivity index is 1.74. The minimum Gasteiger partial charge on any atom is -0.377 e. The van der Waals surface area contributed by atoms with Gasteiger partial charge in [0, 0.05) is 37.9 Å². The summed E-state index contributed by atoms with van der Waals surface area (Å²) in [5.74, 6) is 5.36. The van der Waals surface area contributed by atoms with Crippen LogP contribution < -0.4 is 4.90 Å². The number of allylic oxidation sites excluding steroid dienone is 4. The molecule has 6 atom stereocenters. The maximum atomic E-state index is 15.7. The van der Waals surface area contributed by atoms with E-state index in [4.69, 9.17) is 0 Å². The molecule has 4 aliphatic rings. The van der Waals surface area contributed by atoms with E-state index < -0.39 is 22.7 Å². The van der Waals surface area contributed by atoms with Gasteiger partial charge in [-0.1, -0.05) is 25.3 Å². The minimum absolute atomic E-state index is 0.0162. The number of benzene rings is 1. The van der Waals surface area contributed by atoms with Crippen molar-refractivity contribution in [2.24, 2.45) is 23.2 Å². The minimum atomic E-state index is -1.18. The van der Waals surface area contributed by atoms with E-state index in [9.17, 15) is 9.90 Å². The van der Waals surface area contributed by atoms with E-state index in [-0.39, 0.29) is 35.1 Å². The summed E-state index contributed by atoms with van der Waals surface area (Å²) in [6.07, 6.45) is 5.92. The van der Waals surface area contributed by atoms with Crippen molar-refractivity contribution in [1.82, 2.24) is 0 Å². The van der Waals surface area contributed by atoms with Crippen molar-refractivity contribution in [2.45, 2.75) is 70.8 Å². The Morgan fingerprint density at radius 2 is 1.89 bits per heavy atom. The smallest absolute Gasteiger partial charge is 0.156 e. The van der Waals surface area contributed by atoms with Gasteiger partial charge >= 0.3 is 0 Å². The average Bonchev–Trinajstić information content (AvgIpc) is 3.00. The highest BCUT2D eigenvalue weighted by Crippen LogP contribution is 2.68. The van der Waals surface area contributed by atoms with Crippen molar-refractivity contribution < 1.29 is 18.7 Å². The van der Waals surface area contributed by atoms with Crippen molar-refractivity contribution in [3.8, 4) is 11.8 Å². The number of hydrogen-bond donors (Lipinski definition) is 1. The van der Waals surface area contributed by atoms with Crippen LogP contribution in [0.25, 0.3) is 0 Å². The largest absolute Gasteiger partial charge is 0.377 e. The van der Waals surface area contributed by atoms with Gasteiger partial charge in [0.15, 0.2) is 5.78 Å². The van der Waals surface area contributed by atoms with Crippen LogP contribution in [0, 0.1) is 46.6 Å². The number of halogens is 2. The van der Waals surface area contributed by atoms with Gasteiger partial charge in [-0.05, 0) is 85.6 Å². The van der Waals surface area contributed by atoms with Crippen LogP contribution in [0.2, 0.25) is 0 Å². The number of aliphatic hydroxyl groups is 1. The van der Waals surface area contributed by atoms with Crippen molar-refractivity contribution in [3.05, 3.63) is 52.1 Å². The van der Waals surface area contributed by atoms with Crippen LogP contribution in [0.4, 0.5) is 14.5 Å². The number of nitrogens with zero attached hydrogens (tertiary/aromatic N) is 1. The van der Waals surface area contributed by atoms with Crippen LogP contribution in [-0.2, 0) is 4.79 Å². The molecule has 2 saturated carbocycles. The molecule has 1 N–H and O–H groups in total. The monoisotopic (exact) mass is 479 g/mol. The van der Waals surface area contributed by atoms with Crippen LogP contribution in [0.15, 0.2) is 34.9 Å². The molecule has 1 aromatic rings. The molecule has 35 heavy (non-hydrogen) atoms. The van der Waals surface area contributed by atoms with Gasteiger partial charge in [-0.15, -0.1) is 5.92 Å². The van der Waals surface area contributed by atoms with Gasteiger partial charge in [0.25, 0.3) is 0 Å². The predicted octanol–water partition coefficient (Wildman–Crippen LogP) is 5.93. The SMILES string of the molecule is CC#C[C@]1(O)[C@H](C)C[C@H]2[C@@H]3CCC4=CC(=O)CCC4=C3[C@@H](c3cc(F)c(N(C)C)cc3F)C[C@@]21C. The summed E-state index contributed by atoms with van der Waals surface area (Å²) in [5.41, 5.74) is 2.26. The molecule has 0 aromatic heterocycles. The highest BCUT2D eigenvalue weighted by atomic mass is 19.1. The second kappa shape index (κ2) is 8.30. The normalized spacial score (nSPS) is 36.0. The van der Waals surface area contributed by atoms with E-state index in [2.05, 4.69) is 25.7 Å². The molecule has 0 bridgehead atoms. The Morgan fingerprint density at radius 3 is 2.57 bits per heavy atom. The highest BCUT2D eigenvalue weighted by molar-refractivity contribution is 5.93. The summed E-state index contributed by atoms with van der Waals surface area (Å²) in [5, 5.41) is 12.0. The Morgan fingerprint density at radius 1 is 1.14 bits per heavy atom. The van der Waals surface area contributed by atoms with E-state index in [1.54, 1.807) is 32.0 Å². The molecule has 0 amide bonds. The number of ketones is 1. The molecule has 0 unspecified atom stereocenters. The van der Waals surface area contributed by atoms with Crippen molar-refractivity contribution >= 4 is 11.5 Å². The first-order chi connectivity index (χ1) is 16.5. The average molecular weight is 480 g/mol. The zero-order chi connectivity index (χ0) is 25.3. The number of hydrogen-bond acceptors (Lipinski definition) is 3. The molecule has 0 spiro atoms. The lowest BCUT2D eigenvalue weighted by molar-refractivity contribution is -0.114. The third kappa shape index (κ3) is 3.44. The number of anilines is 1. The Labute approximate surface area is 207 Å². The number of rotatable bonds is 2. The molecule has 0 heterocycles. The number of carbonyl (C=O) groups is 1. The third-order valence-corrected chi connectivity index (χ3v) is 9.55. The van der Waals surface area contributed by atoms with Crippen molar-refractivity contribution in [1.29, 1.82) is 0 Å². The van der Waals surface area contributed by atoms with Crippen LogP contribution in [0.3, 0.4) is 0 Å². The lowest BCUT2D eigenvalue weighted by Crippen LogP contribution is -2.52. The molecule has 2 fully saturated rings. The maximum absolute atomic E-state index is 15.7. The van der Waals surface area contributed by atoms with Gasteiger partial charge < -0.3 is 10.0 Å². The van der Waals surface area contributed by atoms with E-state index in [1.165, 1.54) is 23.3 Å². The van der Waals surface area contributed by atoms with E-state index >= 15 is 8.78 Å². The second-order valence-corrected chi connectivity index (χ2v) is 11.5. The molecule has 4 aliphatic carbocycles. The van der Waals surface area contributed by atoms with Crippen molar-refractivity contribution in [3.63, 3.8) is 0 Å². The Kier molecular flexibility index (Phi) is 5.75. The topological polar surface area (TPSA) is 40.5 Å². The van der Waals surface area contributed by atoms with Gasteiger partial charge in [0.05, 0.1) is 5.69 Å². The second-order valence-electron chi connectivity index (χ2n) is 11.5. The fourth-order valence-electron chi connectivity index (χ4n) is 7.89. The molecule has 0 radical (unpaired) electrons. The molecule has 5 heteroatoms. The summed E-state index contributed by atoms with van der Waals surface area (Å²) in [7, 11) is 3.40. The summed E-state index contributed by atoms with van der Waals surface area (Å²) in [6.45, 7) is 5.92. The highest BCUT2D eigenvalue weighted by Gasteiger charge is 2.65. The van der Waals surface area contributed by atoms with Crippen LogP contribution in [0.5, 0.6) is 0 Å². The molecule has 0 aliphatic heterocycles. The van der Waals surface area contributed by atoms with Crippen LogP contribution in [-0.4, -0.2) is 30.6 Å². The van der Waals surface area contributed by atoms with E-state index in [0.717, 1.165) is 24.8 Å². The zero-order valence-corrected chi connectivity index (χ0v) is 21.3. The lowest BCUT2D eigenvalue weighted by Gasteiger charge is -2.54. The first kappa shape index (κ1) is 24.3. The Hall–Kier alpha value is -2.45. The van der Waals surface area contributed by atoms with E-state index in [0.29, 0.717) is 24.8 Å². The van der Waals surface area contributed by atoms with Crippen LogP contribution >= 0.6 is 0 Å². The predicted molar refractivity (Wildman–Crippen MR) is 134 cm³/mol. The molecular weight excluding hydrogens is 444 g/mol. The quantitative estimate of drug-likeness (QED) is 0.535. The summed E-state index contributed by atoms with van der Waals surface area (Å²) < 4.78 is 30.9. The number of fused-ring (bicyclic) bond motifs is 4. The Bertz CT molecular complexity index is 1220.